The number of nitriles is 1. The largest absolute Gasteiger partial charge is 0.370 e. The lowest BCUT2D eigenvalue weighted by Crippen LogP contribution is -2.37. The molecule has 1 N–H and O–H groups in total. The van der Waals surface area contributed by atoms with Gasteiger partial charge in [0.25, 0.3) is 5.91 Å². The third-order valence-electron chi connectivity index (χ3n) is 5.64. The van der Waals surface area contributed by atoms with E-state index in [-0.39, 0.29) is 10.8 Å². The summed E-state index contributed by atoms with van der Waals surface area (Å²) in [4.78, 5) is 20.0. The number of hydrogen-bond acceptors (Lipinski definition) is 6. The first-order valence-electron chi connectivity index (χ1n) is 10.3. The van der Waals surface area contributed by atoms with Gasteiger partial charge in [-0.3, -0.25) is 4.79 Å². The molecule has 31 heavy (non-hydrogen) atoms. The van der Waals surface area contributed by atoms with Crippen LogP contribution in [-0.4, -0.2) is 79.3 Å². The molecule has 0 radical (unpaired) electrons. The number of sulfonamides is 1. The monoisotopic (exact) mass is 459 g/mol. The molecular weight excluding hydrogens is 434 g/mol. The number of carbonyl (C=O) groups is 1. The number of nitrogens with zero attached hydrogens (tertiary/aromatic N) is 4. The van der Waals surface area contributed by atoms with Crippen molar-refractivity contribution < 1.29 is 13.2 Å². The number of aromatic nitrogens is 1. The van der Waals surface area contributed by atoms with Crippen molar-refractivity contribution in [1.82, 2.24) is 14.2 Å². The van der Waals surface area contributed by atoms with Crippen LogP contribution in [0.3, 0.4) is 0 Å². The normalized spacial score (nSPS) is 18.4. The average molecular weight is 460 g/mol. The van der Waals surface area contributed by atoms with E-state index < -0.39 is 10.0 Å². The number of nitrogens with one attached hydrogen (secondary N) is 1. The number of aromatic amines is 1. The van der Waals surface area contributed by atoms with E-state index >= 15 is 0 Å². The van der Waals surface area contributed by atoms with E-state index in [0.717, 1.165) is 30.2 Å². The van der Waals surface area contributed by atoms with Gasteiger partial charge in [0, 0.05) is 62.7 Å². The summed E-state index contributed by atoms with van der Waals surface area (Å²) >= 11 is 1.75. The van der Waals surface area contributed by atoms with Crippen LogP contribution >= 0.6 is 11.8 Å². The van der Waals surface area contributed by atoms with Gasteiger partial charge in [0.2, 0.25) is 10.0 Å². The zero-order valence-corrected chi connectivity index (χ0v) is 18.8. The summed E-state index contributed by atoms with van der Waals surface area (Å²) in [5.74, 6) is 1.40. The topological polar surface area (TPSA) is 101 Å². The second-order valence-corrected chi connectivity index (χ2v) is 10.7. The molecule has 10 heteroatoms. The highest BCUT2D eigenvalue weighted by Crippen LogP contribution is 2.22. The third-order valence-corrected chi connectivity index (χ3v) is 8.46. The van der Waals surface area contributed by atoms with E-state index in [4.69, 9.17) is 5.26 Å². The summed E-state index contributed by atoms with van der Waals surface area (Å²) in [5.41, 5.74) is 1.95. The molecule has 164 valence electrons. The first-order valence-corrected chi connectivity index (χ1v) is 12.9. The predicted molar refractivity (Wildman–Crippen MR) is 121 cm³/mol. The van der Waals surface area contributed by atoms with E-state index in [1.54, 1.807) is 28.8 Å². The van der Waals surface area contributed by atoms with Gasteiger partial charge in [0.15, 0.2) is 0 Å². The van der Waals surface area contributed by atoms with Crippen molar-refractivity contribution in [3.05, 3.63) is 47.8 Å². The van der Waals surface area contributed by atoms with Gasteiger partial charge >= 0.3 is 0 Å². The van der Waals surface area contributed by atoms with Crippen molar-refractivity contribution in [2.75, 3.05) is 55.7 Å². The number of benzene rings is 1. The molecule has 1 amide bonds. The van der Waals surface area contributed by atoms with Gasteiger partial charge in [-0.1, -0.05) is 0 Å². The van der Waals surface area contributed by atoms with Crippen molar-refractivity contribution in [3.8, 4) is 6.07 Å². The van der Waals surface area contributed by atoms with Crippen molar-refractivity contribution >= 4 is 33.4 Å². The van der Waals surface area contributed by atoms with Crippen molar-refractivity contribution in [1.29, 1.82) is 5.26 Å². The summed E-state index contributed by atoms with van der Waals surface area (Å²) < 4.78 is 27.2. The van der Waals surface area contributed by atoms with Crippen LogP contribution in [-0.2, 0) is 10.0 Å². The second kappa shape index (κ2) is 9.34. The van der Waals surface area contributed by atoms with Gasteiger partial charge < -0.3 is 14.8 Å². The number of rotatable bonds is 4. The van der Waals surface area contributed by atoms with Crippen LogP contribution < -0.4 is 4.90 Å². The summed E-state index contributed by atoms with van der Waals surface area (Å²) in [6, 6.07) is 11.0. The van der Waals surface area contributed by atoms with Crippen LogP contribution in [0.5, 0.6) is 0 Å². The minimum atomic E-state index is -3.58. The predicted octanol–water partition coefficient (Wildman–Crippen LogP) is 1.98. The minimum absolute atomic E-state index is 0.150. The third kappa shape index (κ3) is 4.74. The Balaban J connectivity index is 1.42. The molecule has 1 aromatic heterocycles. The van der Waals surface area contributed by atoms with E-state index in [2.05, 4.69) is 16.0 Å². The van der Waals surface area contributed by atoms with Crippen LogP contribution in [0.1, 0.15) is 22.5 Å². The molecule has 8 nitrogen and oxygen atoms in total. The quantitative estimate of drug-likeness (QED) is 0.750. The maximum atomic E-state index is 13.0. The molecule has 2 saturated heterocycles. The molecule has 0 bridgehead atoms. The highest BCUT2D eigenvalue weighted by molar-refractivity contribution is 7.99. The van der Waals surface area contributed by atoms with Crippen LogP contribution in [0.15, 0.2) is 41.4 Å². The minimum Gasteiger partial charge on any atom is -0.370 e. The van der Waals surface area contributed by atoms with Crippen LogP contribution in [0.25, 0.3) is 0 Å². The van der Waals surface area contributed by atoms with E-state index in [1.807, 2.05) is 12.1 Å². The summed E-state index contributed by atoms with van der Waals surface area (Å²) in [5, 5.41) is 8.96. The Morgan fingerprint density at radius 1 is 1.03 bits per heavy atom. The Morgan fingerprint density at radius 3 is 2.48 bits per heavy atom. The molecule has 0 spiro atoms. The maximum Gasteiger partial charge on any atom is 0.270 e. The molecule has 2 aromatic rings. The van der Waals surface area contributed by atoms with Crippen LogP contribution in [0.2, 0.25) is 0 Å². The first kappa shape index (κ1) is 21.7. The number of carbonyl (C=O) groups excluding carboxylic acids is 1. The van der Waals surface area contributed by atoms with Crippen LogP contribution in [0, 0.1) is 11.3 Å². The molecule has 0 aliphatic carbocycles. The van der Waals surface area contributed by atoms with Gasteiger partial charge in [-0.2, -0.15) is 21.3 Å². The Kier molecular flexibility index (Phi) is 6.55. The van der Waals surface area contributed by atoms with Gasteiger partial charge in [-0.15, -0.1) is 0 Å². The smallest absolute Gasteiger partial charge is 0.270 e. The summed E-state index contributed by atoms with van der Waals surface area (Å²) in [7, 11) is -3.58. The molecule has 4 rings (SSSR count). The maximum absolute atomic E-state index is 13.0. The highest BCUT2D eigenvalue weighted by atomic mass is 32.2. The van der Waals surface area contributed by atoms with E-state index in [9.17, 15) is 13.2 Å². The fourth-order valence-electron chi connectivity index (χ4n) is 3.88. The summed E-state index contributed by atoms with van der Waals surface area (Å²) in [6.45, 7) is 3.64. The lowest BCUT2D eigenvalue weighted by atomic mass is 10.2. The van der Waals surface area contributed by atoms with Gasteiger partial charge in [0.05, 0.1) is 11.6 Å². The standard InChI is InChI=1S/C21H25N5O3S2/c22-15-17-2-4-18(5-3-17)24-6-1-7-25(9-8-24)21(27)20-14-19(16-23-20)31(28,29)26-10-12-30-13-11-26/h2-5,14,16,23H,1,6-13H2. The molecule has 0 saturated carbocycles. The molecule has 2 fully saturated rings. The molecule has 1 aromatic carbocycles. The molecule has 3 heterocycles. The fraction of sp³-hybridized carbons (Fsp3) is 0.429. The second-order valence-electron chi connectivity index (χ2n) is 7.56. The Morgan fingerprint density at radius 2 is 1.77 bits per heavy atom. The van der Waals surface area contributed by atoms with E-state index in [0.29, 0.717) is 44.0 Å². The Hall–Kier alpha value is -2.48. The molecule has 2 aliphatic heterocycles. The lowest BCUT2D eigenvalue weighted by molar-refractivity contribution is 0.0762. The van der Waals surface area contributed by atoms with Crippen molar-refractivity contribution in [2.24, 2.45) is 0 Å². The number of anilines is 1. The highest BCUT2D eigenvalue weighted by Gasteiger charge is 2.29. The molecule has 0 atom stereocenters. The zero-order chi connectivity index (χ0) is 21.8. The Labute approximate surface area is 186 Å². The number of hydrogen-bond donors (Lipinski definition) is 1. The zero-order valence-electron chi connectivity index (χ0n) is 17.2. The fourth-order valence-corrected chi connectivity index (χ4v) is 6.45. The van der Waals surface area contributed by atoms with Crippen molar-refractivity contribution in [2.45, 2.75) is 11.3 Å². The van der Waals surface area contributed by atoms with Gasteiger partial charge in [-0.25, -0.2) is 8.42 Å². The Bertz CT molecular complexity index is 1070. The first-order chi connectivity index (χ1) is 15.0. The SMILES string of the molecule is N#Cc1ccc(N2CCCN(C(=O)c3cc(S(=O)(=O)N4CCSCC4)c[nH]3)CC2)cc1. The molecule has 0 unspecified atom stereocenters. The van der Waals surface area contributed by atoms with Gasteiger partial charge in [0.1, 0.15) is 10.6 Å². The van der Waals surface area contributed by atoms with E-state index in [1.165, 1.54) is 16.6 Å². The van der Waals surface area contributed by atoms with Crippen LogP contribution in [0.4, 0.5) is 5.69 Å². The van der Waals surface area contributed by atoms with Crippen molar-refractivity contribution in [3.63, 3.8) is 0 Å². The molecule has 2 aliphatic rings. The molecular formula is C21H25N5O3S2. The lowest BCUT2D eigenvalue weighted by Gasteiger charge is -2.25. The average Bonchev–Trinajstić information content (AvgIpc) is 3.19. The number of amides is 1. The number of thioether (sulfide) groups is 1. The summed E-state index contributed by atoms with van der Waals surface area (Å²) in [6.07, 6.45) is 2.23. The number of H-pyrrole nitrogens is 1. The van der Waals surface area contributed by atoms with Gasteiger partial charge in [-0.05, 0) is 36.8 Å².